The van der Waals surface area contributed by atoms with Gasteiger partial charge in [0.1, 0.15) is 0 Å². The number of carbonyl (C=O) groups excluding carboxylic acids is 2. The molecule has 0 aliphatic heterocycles. The Morgan fingerprint density at radius 2 is 1.60 bits per heavy atom. The minimum absolute atomic E-state index is 0.186. The van der Waals surface area contributed by atoms with Gasteiger partial charge in [-0.2, -0.15) is 0 Å². The van der Waals surface area contributed by atoms with Gasteiger partial charge in [0.15, 0.2) is 0 Å². The summed E-state index contributed by atoms with van der Waals surface area (Å²) in [4.78, 5) is 22.0. The second-order valence-corrected chi connectivity index (χ2v) is 3.84. The van der Waals surface area contributed by atoms with Crippen LogP contribution in [0.3, 0.4) is 0 Å². The first kappa shape index (κ1) is 13.7. The summed E-state index contributed by atoms with van der Waals surface area (Å²) in [6.07, 6.45) is 1.96. The monoisotopic (exact) mass is 214 g/mol. The van der Waals surface area contributed by atoms with E-state index in [1.165, 1.54) is 0 Å². The van der Waals surface area contributed by atoms with E-state index in [1.54, 1.807) is 13.8 Å². The van der Waals surface area contributed by atoms with E-state index in [-0.39, 0.29) is 12.0 Å². The molecule has 0 heterocycles. The van der Waals surface area contributed by atoms with E-state index >= 15 is 0 Å². The van der Waals surface area contributed by atoms with E-state index < -0.39 is 11.9 Å². The van der Waals surface area contributed by atoms with Crippen molar-refractivity contribution in [3.63, 3.8) is 0 Å². The van der Waals surface area contributed by atoms with Gasteiger partial charge in [0.2, 0.25) is 0 Å². The van der Waals surface area contributed by atoms with Gasteiger partial charge in [0, 0.05) is 12.2 Å². The molecule has 0 aliphatic rings. The molecule has 0 rings (SSSR count). The van der Waals surface area contributed by atoms with Crippen molar-refractivity contribution in [3.8, 4) is 0 Å². The zero-order valence-corrected chi connectivity index (χ0v) is 9.65. The number of hydrogen-bond donors (Lipinski definition) is 0. The lowest BCUT2D eigenvalue weighted by Crippen LogP contribution is -2.10. The van der Waals surface area contributed by atoms with E-state index in [9.17, 15) is 9.59 Å². The maximum Gasteiger partial charge on any atom is 0.331 e. The van der Waals surface area contributed by atoms with Crippen LogP contribution in [0.4, 0.5) is 0 Å². The molecule has 0 aromatic heterocycles. The first-order chi connectivity index (χ1) is 6.91. The molecule has 0 spiro atoms. The lowest BCUT2D eigenvalue weighted by atomic mass is 10.2. The van der Waals surface area contributed by atoms with Gasteiger partial charge >= 0.3 is 11.9 Å². The molecule has 0 atom stereocenters. The lowest BCUT2D eigenvalue weighted by molar-refractivity contribution is -0.143. The molecule has 0 radical (unpaired) electrons. The first-order valence-corrected chi connectivity index (χ1v) is 4.97. The van der Waals surface area contributed by atoms with E-state index in [2.05, 4.69) is 0 Å². The van der Waals surface area contributed by atoms with Gasteiger partial charge in [-0.25, -0.2) is 9.59 Å². The smallest absolute Gasteiger partial charge is 0.331 e. The number of rotatable bonds is 5. The highest BCUT2D eigenvalue weighted by atomic mass is 16.5. The molecule has 0 fully saturated rings. The van der Waals surface area contributed by atoms with Gasteiger partial charge in [0.25, 0.3) is 0 Å². The van der Waals surface area contributed by atoms with Crippen molar-refractivity contribution in [2.75, 3.05) is 6.61 Å². The van der Waals surface area contributed by atoms with Gasteiger partial charge in [0.05, 0.1) is 12.7 Å². The third-order valence-electron chi connectivity index (χ3n) is 1.27. The van der Waals surface area contributed by atoms with Crippen molar-refractivity contribution < 1.29 is 19.1 Å². The Kier molecular flexibility index (Phi) is 6.42. The molecule has 86 valence electrons. The van der Waals surface area contributed by atoms with Crippen LogP contribution in [-0.4, -0.2) is 24.6 Å². The number of hydrogen-bond acceptors (Lipinski definition) is 4. The molecular weight excluding hydrogens is 196 g/mol. The summed E-state index contributed by atoms with van der Waals surface area (Å²) >= 11 is 0. The summed E-state index contributed by atoms with van der Waals surface area (Å²) in [7, 11) is 0. The maximum absolute atomic E-state index is 11.0. The van der Waals surface area contributed by atoms with Crippen LogP contribution in [0.25, 0.3) is 0 Å². The van der Waals surface area contributed by atoms with Crippen LogP contribution in [0.5, 0.6) is 0 Å². The summed E-state index contributed by atoms with van der Waals surface area (Å²) in [5, 5.41) is 0. The number of ether oxygens (including phenoxy) is 2. The highest BCUT2D eigenvalue weighted by Gasteiger charge is 2.03. The second-order valence-electron chi connectivity index (χ2n) is 3.84. The Bertz CT molecular complexity index is 241. The molecule has 4 nitrogen and oxygen atoms in total. The molecule has 0 amide bonds. The van der Waals surface area contributed by atoms with Crippen molar-refractivity contribution >= 4 is 11.9 Å². The fourth-order valence-corrected chi connectivity index (χ4v) is 0.705. The Hall–Kier alpha value is -1.32. The van der Waals surface area contributed by atoms with Crippen molar-refractivity contribution in [2.45, 2.75) is 33.8 Å². The SMILES string of the molecule is CC(C)COC(=O)/C=C/C(=O)OC(C)C. The van der Waals surface area contributed by atoms with Crippen LogP contribution in [-0.2, 0) is 19.1 Å². The van der Waals surface area contributed by atoms with Crippen molar-refractivity contribution in [2.24, 2.45) is 5.92 Å². The zero-order chi connectivity index (χ0) is 11.8. The predicted molar refractivity (Wildman–Crippen MR) is 56.2 cm³/mol. The van der Waals surface area contributed by atoms with E-state index in [1.807, 2.05) is 13.8 Å². The summed E-state index contributed by atoms with van der Waals surface area (Å²) in [5.41, 5.74) is 0. The van der Waals surface area contributed by atoms with Gasteiger partial charge < -0.3 is 9.47 Å². The molecule has 0 saturated heterocycles. The standard InChI is InChI=1S/C11H18O4/c1-8(2)7-14-10(12)5-6-11(13)15-9(3)4/h5-6,8-9H,7H2,1-4H3/b6-5+. The van der Waals surface area contributed by atoms with Crippen LogP contribution in [0.1, 0.15) is 27.7 Å². The average Bonchev–Trinajstić information content (AvgIpc) is 2.10. The molecule has 0 aliphatic carbocycles. The topological polar surface area (TPSA) is 52.6 Å². The molecule has 0 bridgehead atoms. The predicted octanol–water partition coefficient (Wildman–Crippen LogP) is 1.69. The minimum atomic E-state index is -0.536. The summed E-state index contributed by atoms with van der Waals surface area (Å²) in [5.74, 6) is -0.777. The van der Waals surface area contributed by atoms with Crippen molar-refractivity contribution in [1.82, 2.24) is 0 Å². The van der Waals surface area contributed by atoms with E-state index in [4.69, 9.17) is 9.47 Å². The maximum atomic E-state index is 11.0. The third-order valence-corrected chi connectivity index (χ3v) is 1.27. The van der Waals surface area contributed by atoms with Crippen LogP contribution < -0.4 is 0 Å². The second kappa shape index (κ2) is 7.04. The molecule has 0 aromatic rings. The Morgan fingerprint density at radius 1 is 1.07 bits per heavy atom. The van der Waals surface area contributed by atoms with E-state index in [0.29, 0.717) is 6.61 Å². The highest BCUT2D eigenvalue weighted by Crippen LogP contribution is 1.95. The first-order valence-electron chi connectivity index (χ1n) is 4.97. The van der Waals surface area contributed by atoms with Gasteiger partial charge in [-0.05, 0) is 19.8 Å². The van der Waals surface area contributed by atoms with E-state index in [0.717, 1.165) is 12.2 Å². The molecule has 4 heteroatoms. The summed E-state index contributed by atoms with van der Waals surface area (Å²) < 4.78 is 9.62. The largest absolute Gasteiger partial charge is 0.462 e. The lowest BCUT2D eigenvalue weighted by Gasteiger charge is -2.05. The van der Waals surface area contributed by atoms with Crippen molar-refractivity contribution in [1.29, 1.82) is 0 Å². The Balaban J connectivity index is 3.85. The molecular formula is C11H18O4. The number of esters is 2. The Morgan fingerprint density at radius 3 is 2.07 bits per heavy atom. The molecule has 15 heavy (non-hydrogen) atoms. The number of carbonyl (C=O) groups is 2. The van der Waals surface area contributed by atoms with Gasteiger partial charge in [-0.3, -0.25) is 0 Å². The van der Waals surface area contributed by atoms with Crippen LogP contribution in [0.15, 0.2) is 12.2 Å². The van der Waals surface area contributed by atoms with Crippen LogP contribution in [0.2, 0.25) is 0 Å². The minimum Gasteiger partial charge on any atom is -0.462 e. The molecule has 0 N–H and O–H groups in total. The molecule has 0 saturated carbocycles. The molecule has 0 aromatic carbocycles. The van der Waals surface area contributed by atoms with Crippen LogP contribution in [0, 0.1) is 5.92 Å². The quantitative estimate of drug-likeness (QED) is 0.516. The normalized spacial score (nSPS) is 11.1. The molecule has 0 unspecified atom stereocenters. The third kappa shape index (κ3) is 9.00. The summed E-state index contributed by atoms with van der Waals surface area (Å²) in [6.45, 7) is 7.70. The fourth-order valence-electron chi connectivity index (χ4n) is 0.705. The van der Waals surface area contributed by atoms with Crippen molar-refractivity contribution in [3.05, 3.63) is 12.2 Å². The highest BCUT2D eigenvalue weighted by molar-refractivity contribution is 5.91. The zero-order valence-electron chi connectivity index (χ0n) is 9.65. The van der Waals surface area contributed by atoms with Crippen LogP contribution >= 0.6 is 0 Å². The van der Waals surface area contributed by atoms with Gasteiger partial charge in [-0.15, -0.1) is 0 Å². The Labute approximate surface area is 90.2 Å². The van der Waals surface area contributed by atoms with Gasteiger partial charge in [-0.1, -0.05) is 13.8 Å². The summed E-state index contributed by atoms with van der Waals surface area (Å²) in [6, 6.07) is 0. The fraction of sp³-hybridized carbons (Fsp3) is 0.636. The average molecular weight is 214 g/mol.